The number of hydrogen-bond acceptors (Lipinski definition) is 6. The number of thioether (sulfide) groups is 1. The van der Waals surface area contributed by atoms with Gasteiger partial charge in [-0.1, -0.05) is 30.0 Å². The number of aryl methyl sites for hydroxylation is 1. The largest absolute Gasteiger partial charge is 0.454 e. The van der Waals surface area contributed by atoms with Crippen molar-refractivity contribution in [1.29, 1.82) is 0 Å². The summed E-state index contributed by atoms with van der Waals surface area (Å²) in [5.74, 6) is 1.89. The van der Waals surface area contributed by atoms with Gasteiger partial charge in [0.05, 0.1) is 0 Å². The van der Waals surface area contributed by atoms with Crippen LogP contribution in [-0.2, 0) is 5.75 Å². The van der Waals surface area contributed by atoms with Gasteiger partial charge in [-0.25, -0.2) is 4.98 Å². The summed E-state index contributed by atoms with van der Waals surface area (Å²) in [6.07, 6.45) is 0. The molecule has 1 aromatic heterocycles. The molecule has 132 valence electrons. The molecule has 2 aromatic carbocycles. The van der Waals surface area contributed by atoms with Crippen LogP contribution in [0.3, 0.4) is 0 Å². The predicted molar refractivity (Wildman–Crippen MR) is 103 cm³/mol. The molecule has 1 amide bonds. The van der Waals surface area contributed by atoms with Gasteiger partial charge in [-0.05, 0) is 30.7 Å². The third-order valence-corrected chi connectivity index (χ3v) is 6.03. The molecule has 2 heterocycles. The maximum Gasteiger partial charge on any atom is 0.255 e. The summed E-state index contributed by atoms with van der Waals surface area (Å²) in [4.78, 5) is 17.2. The lowest BCUT2D eigenvalue weighted by molar-refractivity contribution is 0.102. The first-order valence-electron chi connectivity index (χ1n) is 8.03. The molecule has 0 fully saturated rings. The number of fused-ring (bicyclic) bond motifs is 1. The number of rotatable bonds is 5. The van der Waals surface area contributed by atoms with E-state index in [4.69, 9.17) is 9.47 Å². The standard InChI is InChI=1S/C19H16N2O3S2/c1-12-9-25-19(20-12)26-10-13-4-2-3-5-15(13)18(22)21-14-6-7-16-17(8-14)24-11-23-16/h2-9H,10-11H2,1H3,(H,21,22). The van der Waals surface area contributed by atoms with Crippen molar-refractivity contribution < 1.29 is 14.3 Å². The van der Waals surface area contributed by atoms with E-state index in [0.29, 0.717) is 28.5 Å². The third kappa shape index (κ3) is 3.68. The Morgan fingerprint density at radius 3 is 2.92 bits per heavy atom. The van der Waals surface area contributed by atoms with E-state index in [9.17, 15) is 4.79 Å². The van der Waals surface area contributed by atoms with Crippen LogP contribution >= 0.6 is 23.1 Å². The highest BCUT2D eigenvalue weighted by atomic mass is 32.2. The Morgan fingerprint density at radius 2 is 2.08 bits per heavy atom. The molecule has 0 saturated carbocycles. The maximum atomic E-state index is 12.7. The lowest BCUT2D eigenvalue weighted by Crippen LogP contribution is -2.14. The number of carbonyl (C=O) groups is 1. The molecule has 4 rings (SSSR count). The summed E-state index contributed by atoms with van der Waals surface area (Å²) < 4.78 is 11.7. The second-order valence-electron chi connectivity index (χ2n) is 5.72. The number of nitrogens with one attached hydrogen (secondary N) is 1. The molecule has 0 unspecified atom stereocenters. The highest BCUT2D eigenvalue weighted by Gasteiger charge is 2.16. The van der Waals surface area contributed by atoms with Gasteiger partial charge in [0.1, 0.15) is 4.34 Å². The fourth-order valence-corrected chi connectivity index (χ4v) is 4.43. The first kappa shape index (κ1) is 16.9. The Hall–Kier alpha value is -2.51. The Labute approximate surface area is 159 Å². The molecule has 0 bridgehead atoms. The Balaban J connectivity index is 1.49. The number of anilines is 1. The first-order chi connectivity index (χ1) is 12.7. The number of nitrogens with zero attached hydrogens (tertiary/aromatic N) is 1. The lowest BCUT2D eigenvalue weighted by Gasteiger charge is -2.10. The molecule has 26 heavy (non-hydrogen) atoms. The molecule has 0 aliphatic carbocycles. The van der Waals surface area contributed by atoms with Crippen LogP contribution in [0.1, 0.15) is 21.6 Å². The molecule has 0 atom stereocenters. The number of aromatic nitrogens is 1. The van der Waals surface area contributed by atoms with Crippen LogP contribution in [0.2, 0.25) is 0 Å². The molecule has 1 N–H and O–H groups in total. The fourth-order valence-electron chi connectivity index (χ4n) is 2.58. The number of hydrogen-bond donors (Lipinski definition) is 1. The summed E-state index contributed by atoms with van der Waals surface area (Å²) in [7, 11) is 0. The monoisotopic (exact) mass is 384 g/mol. The summed E-state index contributed by atoms with van der Waals surface area (Å²) in [5, 5.41) is 4.96. The summed E-state index contributed by atoms with van der Waals surface area (Å²) in [6.45, 7) is 2.19. The number of carbonyl (C=O) groups excluding carboxylic acids is 1. The van der Waals surface area contributed by atoms with Gasteiger partial charge in [0, 0.05) is 34.1 Å². The smallest absolute Gasteiger partial charge is 0.255 e. The maximum absolute atomic E-state index is 12.7. The van der Waals surface area contributed by atoms with Crippen LogP contribution in [0.4, 0.5) is 5.69 Å². The molecule has 3 aromatic rings. The van der Waals surface area contributed by atoms with Gasteiger partial charge in [-0.3, -0.25) is 4.79 Å². The predicted octanol–water partition coefficient (Wildman–Crippen LogP) is 4.72. The highest BCUT2D eigenvalue weighted by molar-refractivity contribution is 8.00. The van der Waals surface area contributed by atoms with Gasteiger partial charge < -0.3 is 14.8 Å². The lowest BCUT2D eigenvalue weighted by atomic mass is 10.1. The van der Waals surface area contributed by atoms with Crippen molar-refractivity contribution in [3.63, 3.8) is 0 Å². The SMILES string of the molecule is Cc1csc(SCc2ccccc2C(=O)Nc2ccc3c(c2)OCO3)n1. The van der Waals surface area contributed by atoms with Crippen molar-refractivity contribution in [2.75, 3.05) is 12.1 Å². The van der Waals surface area contributed by atoms with E-state index in [1.807, 2.05) is 36.6 Å². The molecule has 1 aliphatic rings. The summed E-state index contributed by atoms with van der Waals surface area (Å²) in [5.41, 5.74) is 3.33. The number of amides is 1. The minimum absolute atomic E-state index is 0.143. The average Bonchev–Trinajstić information content (AvgIpc) is 3.28. The van der Waals surface area contributed by atoms with Gasteiger partial charge >= 0.3 is 0 Å². The average molecular weight is 384 g/mol. The van der Waals surface area contributed by atoms with Crippen molar-refractivity contribution in [1.82, 2.24) is 4.98 Å². The van der Waals surface area contributed by atoms with Crippen molar-refractivity contribution in [2.24, 2.45) is 0 Å². The van der Waals surface area contributed by atoms with Crippen molar-refractivity contribution in [2.45, 2.75) is 17.0 Å². The van der Waals surface area contributed by atoms with Crippen molar-refractivity contribution >= 4 is 34.7 Å². The molecule has 5 nitrogen and oxygen atoms in total. The topological polar surface area (TPSA) is 60.5 Å². The van der Waals surface area contributed by atoms with Crippen LogP contribution < -0.4 is 14.8 Å². The van der Waals surface area contributed by atoms with Gasteiger partial charge in [0.2, 0.25) is 6.79 Å². The summed E-state index contributed by atoms with van der Waals surface area (Å²) >= 11 is 3.26. The van der Waals surface area contributed by atoms with Crippen LogP contribution in [0.15, 0.2) is 52.2 Å². The zero-order valence-corrected chi connectivity index (χ0v) is 15.7. The van der Waals surface area contributed by atoms with Crippen LogP contribution in [-0.4, -0.2) is 17.7 Å². The minimum Gasteiger partial charge on any atom is -0.454 e. The quantitative estimate of drug-likeness (QED) is 0.645. The van der Waals surface area contributed by atoms with E-state index in [1.54, 1.807) is 41.3 Å². The Kier molecular flexibility index (Phi) is 4.81. The Morgan fingerprint density at radius 1 is 1.23 bits per heavy atom. The van der Waals surface area contributed by atoms with E-state index < -0.39 is 0 Å². The van der Waals surface area contributed by atoms with E-state index in [0.717, 1.165) is 15.6 Å². The molecular weight excluding hydrogens is 368 g/mol. The van der Waals surface area contributed by atoms with Gasteiger partial charge in [0.15, 0.2) is 11.5 Å². The van der Waals surface area contributed by atoms with Crippen LogP contribution in [0.5, 0.6) is 11.5 Å². The van der Waals surface area contributed by atoms with E-state index >= 15 is 0 Å². The third-order valence-electron chi connectivity index (χ3n) is 3.84. The molecule has 1 aliphatic heterocycles. The number of thiazole rings is 1. The van der Waals surface area contributed by atoms with Crippen LogP contribution in [0, 0.1) is 6.92 Å². The second-order valence-corrected chi connectivity index (χ2v) is 7.80. The molecule has 0 spiro atoms. The van der Waals surface area contributed by atoms with E-state index in [-0.39, 0.29) is 12.7 Å². The summed E-state index contributed by atoms with van der Waals surface area (Å²) in [6, 6.07) is 13.0. The second kappa shape index (κ2) is 7.39. The number of benzene rings is 2. The Bertz CT molecular complexity index is 955. The highest BCUT2D eigenvalue weighted by Crippen LogP contribution is 2.34. The van der Waals surface area contributed by atoms with E-state index in [2.05, 4.69) is 10.3 Å². The zero-order valence-electron chi connectivity index (χ0n) is 14.0. The molecule has 7 heteroatoms. The van der Waals surface area contributed by atoms with Crippen molar-refractivity contribution in [3.8, 4) is 11.5 Å². The number of ether oxygens (including phenoxy) is 2. The van der Waals surface area contributed by atoms with E-state index in [1.165, 1.54) is 0 Å². The molecule has 0 radical (unpaired) electrons. The van der Waals surface area contributed by atoms with Gasteiger partial charge in [0.25, 0.3) is 5.91 Å². The zero-order chi connectivity index (χ0) is 17.9. The van der Waals surface area contributed by atoms with Crippen LogP contribution in [0.25, 0.3) is 0 Å². The fraction of sp³-hybridized carbons (Fsp3) is 0.158. The molecule has 0 saturated heterocycles. The molecular formula is C19H16N2O3S2. The van der Waals surface area contributed by atoms with Gasteiger partial charge in [-0.2, -0.15) is 0 Å². The normalized spacial score (nSPS) is 12.2. The minimum atomic E-state index is -0.143. The van der Waals surface area contributed by atoms with Gasteiger partial charge in [-0.15, -0.1) is 11.3 Å². The van der Waals surface area contributed by atoms with Crippen molar-refractivity contribution in [3.05, 3.63) is 64.7 Å². The first-order valence-corrected chi connectivity index (χ1v) is 9.89.